The Balaban J connectivity index is 1.69. The fourth-order valence-electron chi connectivity index (χ4n) is 6.09. The molecule has 6 rings (SSSR count). The smallest absolute Gasteiger partial charge is 0.176 e. The van der Waals surface area contributed by atoms with Gasteiger partial charge < -0.3 is 0 Å². The zero-order valence-electron chi connectivity index (χ0n) is 20.3. The molecule has 0 saturated heterocycles. The number of nitriles is 1. The minimum atomic E-state index is -0.724. The lowest BCUT2D eigenvalue weighted by Crippen LogP contribution is -2.46. The summed E-state index contributed by atoms with van der Waals surface area (Å²) in [7, 11) is 0. The monoisotopic (exact) mass is 492 g/mol. The van der Waals surface area contributed by atoms with Crippen LogP contribution in [0.3, 0.4) is 0 Å². The molecule has 4 aromatic rings. The van der Waals surface area contributed by atoms with Crippen molar-refractivity contribution < 1.29 is 13.6 Å². The highest BCUT2D eigenvalue weighted by Gasteiger charge is 2.49. The van der Waals surface area contributed by atoms with Crippen LogP contribution in [-0.4, -0.2) is 20.7 Å². The number of aromatic nitrogens is 3. The average molecular weight is 493 g/mol. The lowest BCUT2D eigenvalue weighted by atomic mass is 9.57. The predicted molar refractivity (Wildman–Crippen MR) is 135 cm³/mol. The van der Waals surface area contributed by atoms with Gasteiger partial charge in [-0.05, 0) is 49.1 Å². The Morgan fingerprint density at radius 2 is 1.89 bits per heavy atom. The summed E-state index contributed by atoms with van der Waals surface area (Å²) in [5.74, 6) is -1.01. The number of allylic oxidation sites excluding steroid dienone is 2. The molecule has 0 bridgehead atoms. The zero-order chi connectivity index (χ0) is 25.9. The number of hydrogen-bond acceptors (Lipinski definition) is 5. The summed E-state index contributed by atoms with van der Waals surface area (Å²) >= 11 is 0. The molecule has 0 aliphatic heterocycles. The van der Waals surface area contributed by atoms with E-state index in [4.69, 9.17) is 9.97 Å². The summed E-state index contributed by atoms with van der Waals surface area (Å²) in [5.41, 5.74) is 2.84. The summed E-state index contributed by atoms with van der Waals surface area (Å²) in [6, 6.07) is 14.7. The van der Waals surface area contributed by atoms with Crippen LogP contribution in [0.1, 0.15) is 31.5 Å². The van der Waals surface area contributed by atoms with Crippen molar-refractivity contribution >= 4 is 16.7 Å². The number of benzene rings is 2. The molecule has 5 nitrogen and oxygen atoms in total. The normalized spacial score (nSPS) is 22.7. The number of ketones is 1. The molecule has 0 radical (unpaired) electrons. The van der Waals surface area contributed by atoms with Crippen LogP contribution in [0.15, 0.2) is 66.4 Å². The number of rotatable bonds is 2. The van der Waals surface area contributed by atoms with E-state index in [0.29, 0.717) is 52.1 Å². The molecule has 37 heavy (non-hydrogen) atoms. The van der Waals surface area contributed by atoms with Crippen LogP contribution < -0.4 is 0 Å². The molecule has 2 heterocycles. The third-order valence-electron chi connectivity index (χ3n) is 7.91. The van der Waals surface area contributed by atoms with E-state index in [0.717, 1.165) is 5.56 Å². The van der Waals surface area contributed by atoms with Gasteiger partial charge in [-0.1, -0.05) is 32.1 Å². The number of fused-ring (bicyclic) bond motifs is 4. The molecule has 0 spiro atoms. The van der Waals surface area contributed by atoms with E-state index in [-0.39, 0.29) is 23.2 Å². The Morgan fingerprint density at radius 1 is 1.08 bits per heavy atom. The molecule has 0 fully saturated rings. The molecule has 0 amide bonds. The summed E-state index contributed by atoms with van der Waals surface area (Å²) in [5, 5.41) is 10.4. The molecule has 0 N–H and O–H groups in total. The lowest BCUT2D eigenvalue weighted by molar-refractivity contribution is -0.121. The SMILES string of the molecule is CC1C(=O)C(C#N)=C[C@@]2(C)c3nc(-c4ccnc5cc(F)ccc45)nc(-c4ccccc4F)c3CCC12. The van der Waals surface area contributed by atoms with Gasteiger partial charge in [-0.15, -0.1) is 0 Å². The molecule has 2 aromatic heterocycles. The largest absolute Gasteiger partial charge is 0.293 e. The van der Waals surface area contributed by atoms with Crippen molar-refractivity contribution in [1.29, 1.82) is 5.26 Å². The highest BCUT2D eigenvalue weighted by atomic mass is 19.1. The quantitative estimate of drug-likeness (QED) is 0.337. The molecule has 3 atom stereocenters. The Labute approximate surface area is 212 Å². The van der Waals surface area contributed by atoms with Gasteiger partial charge in [0.2, 0.25) is 0 Å². The second-order valence-corrected chi connectivity index (χ2v) is 9.97. The number of pyridine rings is 1. The number of hydrogen-bond donors (Lipinski definition) is 0. The fraction of sp³-hybridized carbons (Fsp3) is 0.233. The zero-order valence-corrected chi connectivity index (χ0v) is 20.3. The standard InChI is InChI=1S/C30H22F2N4O/c1-16-23-10-9-22-26(21-5-3-4-6-24(21)32)35-29(20-11-12-34-25-13-18(31)7-8-19(20)25)36-28(22)30(23,2)14-17(15-33)27(16)37/h3-8,11-14,16,23H,9-10H2,1-2H3/t16?,23?,30-/m1/s1. The Morgan fingerprint density at radius 3 is 2.68 bits per heavy atom. The van der Waals surface area contributed by atoms with Crippen molar-refractivity contribution in [1.82, 2.24) is 15.0 Å². The number of Topliss-reactive ketones (excluding diaryl/α,β-unsaturated/α-hetero) is 1. The van der Waals surface area contributed by atoms with Crippen molar-refractivity contribution in [2.75, 3.05) is 0 Å². The first-order chi connectivity index (χ1) is 17.8. The first-order valence-electron chi connectivity index (χ1n) is 12.2. The maximum atomic E-state index is 15.1. The van der Waals surface area contributed by atoms with Crippen LogP contribution in [0.25, 0.3) is 33.5 Å². The lowest BCUT2D eigenvalue weighted by Gasteiger charge is -2.45. The average Bonchev–Trinajstić information content (AvgIpc) is 2.90. The van der Waals surface area contributed by atoms with Crippen molar-refractivity contribution in [3.63, 3.8) is 0 Å². The second-order valence-electron chi connectivity index (χ2n) is 9.97. The van der Waals surface area contributed by atoms with E-state index in [1.54, 1.807) is 42.6 Å². The maximum Gasteiger partial charge on any atom is 0.176 e. The van der Waals surface area contributed by atoms with Gasteiger partial charge in [-0.2, -0.15) is 5.26 Å². The number of carbonyl (C=O) groups is 1. The molecule has 2 unspecified atom stereocenters. The van der Waals surface area contributed by atoms with Gasteiger partial charge in [0.25, 0.3) is 0 Å². The Hall–Kier alpha value is -4.31. The van der Waals surface area contributed by atoms with E-state index < -0.39 is 17.0 Å². The van der Waals surface area contributed by atoms with Crippen molar-refractivity contribution in [2.24, 2.45) is 11.8 Å². The van der Waals surface area contributed by atoms with Crippen LogP contribution >= 0.6 is 0 Å². The van der Waals surface area contributed by atoms with Gasteiger partial charge in [-0.25, -0.2) is 18.7 Å². The van der Waals surface area contributed by atoms with Gasteiger partial charge in [0.05, 0.1) is 22.5 Å². The number of carbonyl (C=O) groups excluding carboxylic acids is 1. The first kappa shape index (κ1) is 23.1. The Kier molecular flexibility index (Phi) is 5.23. The topological polar surface area (TPSA) is 79.5 Å². The van der Waals surface area contributed by atoms with E-state index in [9.17, 15) is 14.4 Å². The minimum absolute atomic E-state index is 0.0656. The Bertz CT molecular complexity index is 1690. The van der Waals surface area contributed by atoms with E-state index >= 15 is 4.39 Å². The van der Waals surface area contributed by atoms with E-state index in [1.165, 1.54) is 18.2 Å². The van der Waals surface area contributed by atoms with Gasteiger partial charge in [0, 0.05) is 45.7 Å². The molecule has 182 valence electrons. The molecule has 2 aromatic carbocycles. The molecule has 7 heteroatoms. The molecule has 2 aliphatic carbocycles. The molecule has 0 saturated carbocycles. The van der Waals surface area contributed by atoms with Crippen molar-refractivity contribution in [3.8, 4) is 28.7 Å². The van der Waals surface area contributed by atoms with Gasteiger partial charge in [0.1, 0.15) is 17.7 Å². The first-order valence-corrected chi connectivity index (χ1v) is 12.2. The van der Waals surface area contributed by atoms with Crippen molar-refractivity contribution in [2.45, 2.75) is 32.1 Å². The van der Waals surface area contributed by atoms with Crippen LogP contribution in [0.5, 0.6) is 0 Å². The van der Waals surface area contributed by atoms with Gasteiger partial charge in [-0.3, -0.25) is 9.78 Å². The maximum absolute atomic E-state index is 15.1. The highest BCUT2D eigenvalue weighted by molar-refractivity contribution is 6.02. The second kappa shape index (κ2) is 8.38. The van der Waals surface area contributed by atoms with E-state index in [1.807, 2.05) is 13.8 Å². The summed E-state index contributed by atoms with van der Waals surface area (Å²) in [6.45, 7) is 3.86. The molecule has 2 aliphatic rings. The van der Waals surface area contributed by atoms with Gasteiger partial charge in [0.15, 0.2) is 11.6 Å². The minimum Gasteiger partial charge on any atom is -0.293 e. The van der Waals surface area contributed by atoms with Crippen LogP contribution in [0.2, 0.25) is 0 Å². The van der Waals surface area contributed by atoms with E-state index in [2.05, 4.69) is 11.1 Å². The third kappa shape index (κ3) is 3.47. The summed E-state index contributed by atoms with van der Waals surface area (Å²) in [6.07, 6.45) is 4.57. The predicted octanol–water partition coefficient (Wildman–Crippen LogP) is 6.13. The molecular formula is C30H22F2N4O. The molecular weight excluding hydrogens is 470 g/mol. The van der Waals surface area contributed by atoms with Gasteiger partial charge >= 0.3 is 0 Å². The summed E-state index contributed by atoms with van der Waals surface area (Å²) < 4.78 is 29.1. The van der Waals surface area contributed by atoms with Crippen LogP contribution in [0.4, 0.5) is 8.78 Å². The summed E-state index contributed by atoms with van der Waals surface area (Å²) in [4.78, 5) is 27.1. The van der Waals surface area contributed by atoms with Crippen LogP contribution in [0, 0.1) is 34.8 Å². The number of halogens is 2. The fourth-order valence-corrected chi connectivity index (χ4v) is 6.09. The van der Waals surface area contributed by atoms with Crippen LogP contribution in [-0.2, 0) is 16.6 Å². The number of nitrogens with zero attached hydrogens (tertiary/aromatic N) is 4. The third-order valence-corrected chi connectivity index (χ3v) is 7.91. The van der Waals surface area contributed by atoms with Crippen molar-refractivity contribution in [3.05, 3.63) is 89.3 Å². The highest BCUT2D eigenvalue weighted by Crippen LogP contribution is 2.51.